The highest BCUT2D eigenvalue weighted by atomic mass is 15.1. The van der Waals surface area contributed by atoms with Gasteiger partial charge < -0.3 is 16.0 Å². The van der Waals surface area contributed by atoms with Gasteiger partial charge in [-0.1, -0.05) is 19.9 Å². The molecule has 4 heteroatoms. The number of aromatic nitrogens is 1. The third-order valence-corrected chi connectivity index (χ3v) is 3.72. The highest BCUT2D eigenvalue weighted by Crippen LogP contribution is 2.27. The van der Waals surface area contributed by atoms with Crippen molar-refractivity contribution in [3.05, 3.63) is 30.6 Å². The molecule has 0 aliphatic rings. The summed E-state index contributed by atoms with van der Waals surface area (Å²) in [5.74, 6) is 0. The first-order chi connectivity index (χ1) is 9.76. The van der Waals surface area contributed by atoms with Gasteiger partial charge in [-0.2, -0.15) is 0 Å². The molecule has 0 aliphatic heterocycles. The predicted molar refractivity (Wildman–Crippen MR) is 87.1 cm³/mol. The van der Waals surface area contributed by atoms with Gasteiger partial charge in [0.1, 0.15) is 0 Å². The van der Waals surface area contributed by atoms with Gasteiger partial charge in [0, 0.05) is 29.7 Å². The third-order valence-electron chi connectivity index (χ3n) is 3.72. The molecule has 1 aromatic heterocycles. The first kappa shape index (κ1) is 14.6. The molecule has 3 N–H and O–H groups in total. The van der Waals surface area contributed by atoms with Gasteiger partial charge in [0.25, 0.3) is 0 Å². The van der Waals surface area contributed by atoms with E-state index in [9.17, 15) is 0 Å². The molecule has 108 valence electrons. The van der Waals surface area contributed by atoms with Crippen LogP contribution >= 0.6 is 0 Å². The number of pyridine rings is 1. The number of nitrogen functional groups attached to an aromatic ring is 1. The van der Waals surface area contributed by atoms with Crippen molar-refractivity contribution in [2.24, 2.45) is 0 Å². The number of benzene rings is 1. The highest BCUT2D eigenvalue weighted by Gasteiger charge is 2.04. The van der Waals surface area contributed by atoms with Crippen LogP contribution in [0, 0.1) is 0 Å². The Hall–Kier alpha value is -1.81. The van der Waals surface area contributed by atoms with Gasteiger partial charge in [-0.15, -0.1) is 0 Å². The van der Waals surface area contributed by atoms with Crippen LogP contribution in [0.2, 0.25) is 0 Å². The van der Waals surface area contributed by atoms with Crippen molar-refractivity contribution in [3.8, 4) is 0 Å². The number of nitrogens with two attached hydrogens (primary N) is 1. The van der Waals surface area contributed by atoms with Crippen LogP contribution in [0.3, 0.4) is 0 Å². The van der Waals surface area contributed by atoms with Crippen LogP contribution in [0.1, 0.15) is 20.3 Å². The van der Waals surface area contributed by atoms with Crippen LogP contribution in [0.4, 0.5) is 11.4 Å². The average Bonchev–Trinajstić information content (AvgIpc) is 2.50. The number of nitrogens with one attached hydrogen (secondary N) is 1. The minimum absolute atomic E-state index is 0.813. The first-order valence-electron chi connectivity index (χ1n) is 7.34. The molecule has 0 radical (unpaired) electrons. The zero-order valence-corrected chi connectivity index (χ0v) is 12.4. The van der Waals surface area contributed by atoms with Crippen molar-refractivity contribution < 1.29 is 0 Å². The second kappa shape index (κ2) is 7.10. The Morgan fingerprint density at radius 2 is 2.00 bits per heavy atom. The fourth-order valence-corrected chi connectivity index (χ4v) is 2.41. The minimum Gasteiger partial charge on any atom is -0.397 e. The summed E-state index contributed by atoms with van der Waals surface area (Å²) >= 11 is 0. The molecule has 0 amide bonds. The van der Waals surface area contributed by atoms with Crippen LogP contribution in [0.25, 0.3) is 10.8 Å². The SMILES string of the molecule is CCN(CC)CCCNc1ccc2cnccc2c1N. The topological polar surface area (TPSA) is 54.2 Å². The van der Waals surface area contributed by atoms with Gasteiger partial charge in [-0.05, 0) is 38.2 Å². The molecule has 1 aromatic carbocycles. The molecule has 0 saturated carbocycles. The summed E-state index contributed by atoms with van der Waals surface area (Å²) in [4.78, 5) is 6.54. The van der Waals surface area contributed by atoms with Gasteiger partial charge in [-0.3, -0.25) is 4.98 Å². The maximum absolute atomic E-state index is 6.21. The molecule has 0 fully saturated rings. The average molecular weight is 272 g/mol. The summed E-state index contributed by atoms with van der Waals surface area (Å²) in [7, 11) is 0. The summed E-state index contributed by atoms with van der Waals surface area (Å²) in [5, 5.41) is 5.58. The van der Waals surface area contributed by atoms with Crippen molar-refractivity contribution in [1.29, 1.82) is 0 Å². The smallest absolute Gasteiger partial charge is 0.0630 e. The molecule has 4 nitrogen and oxygen atoms in total. The lowest BCUT2D eigenvalue weighted by Crippen LogP contribution is -2.25. The summed E-state index contributed by atoms with van der Waals surface area (Å²) in [6.07, 6.45) is 4.74. The second-order valence-corrected chi connectivity index (χ2v) is 4.93. The van der Waals surface area contributed by atoms with E-state index in [2.05, 4.69) is 35.1 Å². The number of nitrogens with zero attached hydrogens (tertiary/aromatic N) is 2. The van der Waals surface area contributed by atoms with Crippen molar-refractivity contribution >= 4 is 22.1 Å². The Balaban J connectivity index is 1.95. The maximum Gasteiger partial charge on any atom is 0.0630 e. The van der Waals surface area contributed by atoms with Crippen molar-refractivity contribution in [3.63, 3.8) is 0 Å². The molecule has 2 rings (SSSR count). The van der Waals surface area contributed by atoms with Crippen LogP contribution in [-0.4, -0.2) is 36.1 Å². The zero-order valence-electron chi connectivity index (χ0n) is 12.4. The normalized spacial score (nSPS) is 11.2. The Labute approximate surface area is 121 Å². The minimum atomic E-state index is 0.813. The van der Waals surface area contributed by atoms with E-state index in [1.807, 2.05) is 18.3 Å². The molecule has 0 bridgehead atoms. The van der Waals surface area contributed by atoms with Crippen molar-refractivity contribution in [1.82, 2.24) is 9.88 Å². The molecule has 0 aliphatic carbocycles. The molecule has 1 heterocycles. The summed E-state index contributed by atoms with van der Waals surface area (Å²) in [5.41, 5.74) is 8.04. The van der Waals surface area contributed by atoms with E-state index in [1.54, 1.807) is 6.20 Å². The Kier molecular flexibility index (Phi) is 5.18. The maximum atomic E-state index is 6.21. The van der Waals surface area contributed by atoms with E-state index in [0.717, 1.165) is 54.7 Å². The standard InChI is InChI=1S/C16H24N4/c1-3-20(4-2)11-5-9-19-15-7-6-13-12-18-10-8-14(13)16(15)17/h6-8,10,12,19H,3-5,9,11,17H2,1-2H3. The lowest BCUT2D eigenvalue weighted by atomic mass is 10.1. The summed E-state index contributed by atoms with van der Waals surface area (Å²) in [6, 6.07) is 6.06. The lowest BCUT2D eigenvalue weighted by Gasteiger charge is -2.18. The predicted octanol–water partition coefficient (Wildman–Crippen LogP) is 2.96. The summed E-state index contributed by atoms with van der Waals surface area (Å²) in [6.45, 7) is 8.69. The van der Waals surface area contributed by atoms with E-state index >= 15 is 0 Å². The number of fused-ring (bicyclic) bond motifs is 1. The summed E-state index contributed by atoms with van der Waals surface area (Å²) < 4.78 is 0. The lowest BCUT2D eigenvalue weighted by molar-refractivity contribution is 0.303. The Morgan fingerprint density at radius 1 is 1.20 bits per heavy atom. The van der Waals surface area contributed by atoms with E-state index in [0.29, 0.717) is 0 Å². The number of rotatable bonds is 7. The fourth-order valence-electron chi connectivity index (χ4n) is 2.41. The van der Waals surface area contributed by atoms with Crippen molar-refractivity contribution in [2.45, 2.75) is 20.3 Å². The molecule has 20 heavy (non-hydrogen) atoms. The molecular formula is C16H24N4. The Morgan fingerprint density at radius 3 is 2.75 bits per heavy atom. The number of hydrogen-bond acceptors (Lipinski definition) is 4. The monoisotopic (exact) mass is 272 g/mol. The van der Waals surface area contributed by atoms with Crippen LogP contribution in [0.5, 0.6) is 0 Å². The van der Waals surface area contributed by atoms with E-state index in [-0.39, 0.29) is 0 Å². The van der Waals surface area contributed by atoms with Gasteiger partial charge in [0.2, 0.25) is 0 Å². The molecule has 0 unspecified atom stereocenters. The molecular weight excluding hydrogens is 248 g/mol. The fraction of sp³-hybridized carbons (Fsp3) is 0.438. The first-order valence-corrected chi connectivity index (χ1v) is 7.34. The zero-order chi connectivity index (χ0) is 14.4. The van der Waals surface area contributed by atoms with E-state index in [4.69, 9.17) is 5.73 Å². The van der Waals surface area contributed by atoms with Crippen LogP contribution in [0.15, 0.2) is 30.6 Å². The molecule has 2 aromatic rings. The largest absolute Gasteiger partial charge is 0.397 e. The van der Waals surface area contributed by atoms with Crippen LogP contribution in [-0.2, 0) is 0 Å². The van der Waals surface area contributed by atoms with E-state index < -0.39 is 0 Å². The molecule has 0 atom stereocenters. The number of hydrogen-bond donors (Lipinski definition) is 2. The van der Waals surface area contributed by atoms with Gasteiger partial charge in [0.15, 0.2) is 0 Å². The van der Waals surface area contributed by atoms with Gasteiger partial charge in [-0.25, -0.2) is 0 Å². The highest BCUT2D eigenvalue weighted by molar-refractivity contribution is 5.98. The van der Waals surface area contributed by atoms with Crippen LogP contribution < -0.4 is 11.1 Å². The van der Waals surface area contributed by atoms with E-state index in [1.165, 1.54) is 0 Å². The molecule has 0 spiro atoms. The number of anilines is 2. The van der Waals surface area contributed by atoms with Crippen molar-refractivity contribution in [2.75, 3.05) is 37.2 Å². The molecule has 0 saturated heterocycles. The van der Waals surface area contributed by atoms with Gasteiger partial charge in [0.05, 0.1) is 11.4 Å². The van der Waals surface area contributed by atoms with Gasteiger partial charge >= 0.3 is 0 Å². The second-order valence-electron chi connectivity index (χ2n) is 4.93. The quantitative estimate of drug-likeness (QED) is 0.601. The third kappa shape index (κ3) is 3.39. The Bertz CT molecular complexity index is 549.